The number of amides is 1. The molecule has 108 valence electrons. The highest BCUT2D eigenvalue weighted by Gasteiger charge is 2.12. The molecule has 0 saturated carbocycles. The van der Waals surface area contributed by atoms with Crippen molar-refractivity contribution in [3.63, 3.8) is 0 Å². The van der Waals surface area contributed by atoms with Gasteiger partial charge in [-0.15, -0.1) is 0 Å². The Bertz CT molecular complexity index is 717. The quantitative estimate of drug-likeness (QED) is 0.498. The van der Waals surface area contributed by atoms with Crippen LogP contribution in [0.5, 0.6) is 0 Å². The van der Waals surface area contributed by atoms with E-state index >= 15 is 0 Å². The van der Waals surface area contributed by atoms with E-state index in [0.29, 0.717) is 21.4 Å². The van der Waals surface area contributed by atoms with Gasteiger partial charge in [0.15, 0.2) is 0 Å². The molecule has 6 heteroatoms. The lowest BCUT2D eigenvalue weighted by Gasteiger charge is -2.08. The van der Waals surface area contributed by atoms with E-state index in [9.17, 15) is 9.18 Å². The molecule has 21 heavy (non-hydrogen) atoms. The molecule has 0 fully saturated rings. The summed E-state index contributed by atoms with van der Waals surface area (Å²) in [6, 6.07) is 11.0. The average Bonchev–Trinajstić information content (AvgIpc) is 2.46. The van der Waals surface area contributed by atoms with Crippen LogP contribution in [0.1, 0.15) is 22.8 Å². The minimum atomic E-state index is -0.605. The first-order valence-electron chi connectivity index (χ1n) is 6.07. The van der Waals surface area contributed by atoms with Crippen LogP contribution in [0, 0.1) is 5.82 Å². The molecule has 2 aromatic rings. The fourth-order valence-electron chi connectivity index (χ4n) is 1.75. The number of benzene rings is 2. The average molecular weight is 351 g/mol. The molecule has 0 unspecified atom stereocenters. The van der Waals surface area contributed by atoms with Crippen molar-refractivity contribution in [3.8, 4) is 0 Å². The molecule has 4 nitrogen and oxygen atoms in total. The van der Waals surface area contributed by atoms with Crippen molar-refractivity contribution in [3.05, 3.63) is 63.9 Å². The number of nitrogens with zero attached hydrogens (tertiary/aromatic N) is 1. The largest absolute Gasteiger partial charge is 0.411 e. The fraction of sp³-hybridized carbons (Fsp3) is 0.0667. The standard InChI is InChI=1S/C15H12BrFN2O2/c1-9(19-21)10-3-2-4-12(7-10)18-15(20)13-6-5-11(16)8-14(13)17/h2-8,21H,1H3,(H,18,20)/b19-9+. The minimum absolute atomic E-state index is 0.0452. The first-order valence-corrected chi connectivity index (χ1v) is 6.86. The molecule has 0 aliphatic rings. The summed E-state index contributed by atoms with van der Waals surface area (Å²) < 4.78 is 14.3. The second kappa shape index (κ2) is 6.49. The van der Waals surface area contributed by atoms with Crippen molar-refractivity contribution in [1.82, 2.24) is 0 Å². The predicted octanol–water partition coefficient (Wildman–Crippen LogP) is 4.04. The Morgan fingerprint density at radius 1 is 1.29 bits per heavy atom. The molecule has 0 bridgehead atoms. The number of anilines is 1. The lowest BCUT2D eigenvalue weighted by Crippen LogP contribution is -2.14. The van der Waals surface area contributed by atoms with Crippen LogP contribution in [-0.2, 0) is 0 Å². The van der Waals surface area contributed by atoms with Crippen molar-refractivity contribution in [2.75, 3.05) is 5.32 Å². The molecular formula is C15H12BrFN2O2. The van der Waals surface area contributed by atoms with Gasteiger partial charge in [-0.25, -0.2) is 4.39 Å². The van der Waals surface area contributed by atoms with Gasteiger partial charge in [-0.1, -0.05) is 33.2 Å². The number of hydrogen-bond acceptors (Lipinski definition) is 3. The van der Waals surface area contributed by atoms with Gasteiger partial charge in [0.1, 0.15) is 5.82 Å². The van der Waals surface area contributed by atoms with Gasteiger partial charge in [0.25, 0.3) is 5.91 Å². The predicted molar refractivity (Wildman–Crippen MR) is 82.5 cm³/mol. The fourth-order valence-corrected chi connectivity index (χ4v) is 2.08. The molecule has 2 rings (SSSR count). The highest BCUT2D eigenvalue weighted by molar-refractivity contribution is 9.10. The molecule has 0 saturated heterocycles. The molecule has 1 amide bonds. The molecule has 0 aromatic heterocycles. The van der Waals surface area contributed by atoms with Crippen LogP contribution in [0.15, 0.2) is 52.1 Å². The lowest BCUT2D eigenvalue weighted by molar-refractivity contribution is 0.102. The summed E-state index contributed by atoms with van der Waals surface area (Å²) >= 11 is 3.14. The Morgan fingerprint density at radius 2 is 2.05 bits per heavy atom. The zero-order valence-corrected chi connectivity index (χ0v) is 12.7. The van der Waals surface area contributed by atoms with Crippen LogP contribution >= 0.6 is 15.9 Å². The third-order valence-electron chi connectivity index (χ3n) is 2.86. The van der Waals surface area contributed by atoms with Gasteiger partial charge >= 0.3 is 0 Å². The van der Waals surface area contributed by atoms with Crippen LogP contribution in [0.25, 0.3) is 0 Å². The van der Waals surface area contributed by atoms with E-state index < -0.39 is 11.7 Å². The van der Waals surface area contributed by atoms with Crippen molar-refractivity contribution >= 4 is 33.2 Å². The number of halogens is 2. The summed E-state index contributed by atoms with van der Waals surface area (Å²) in [6.45, 7) is 1.63. The highest BCUT2D eigenvalue weighted by Crippen LogP contribution is 2.18. The second-order valence-corrected chi connectivity index (χ2v) is 5.26. The van der Waals surface area contributed by atoms with E-state index in [1.54, 1.807) is 37.3 Å². The minimum Gasteiger partial charge on any atom is -0.411 e. The molecule has 0 radical (unpaired) electrons. The van der Waals surface area contributed by atoms with Crippen LogP contribution in [0.3, 0.4) is 0 Å². The maximum absolute atomic E-state index is 13.7. The van der Waals surface area contributed by atoms with Gasteiger partial charge in [-0.3, -0.25) is 4.79 Å². The zero-order chi connectivity index (χ0) is 15.4. The number of nitrogens with one attached hydrogen (secondary N) is 1. The van der Waals surface area contributed by atoms with Crippen molar-refractivity contribution in [2.45, 2.75) is 6.92 Å². The number of carbonyl (C=O) groups is 1. The molecule has 2 N–H and O–H groups in total. The summed E-state index contributed by atoms with van der Waals surface area (Å²) in [7, 11) is 0. The van der Waals surface area contributed by atoms with E-state index in [4.69, 9.17) is 5.21 Å². The maximum Gasteiger partial charge on any atom is 0.258 e. The molecule has 2 aromatic carbocycles. The van der Waals surface area contributed by atoms with Crippen LogP contribution in [0.2, 0.25) is 0 Å². The Balaban J connectivity index is 2.23. The Hall–Kier alpha value is -2.21. The number of carbonyl (C=O) groups excluding carboxylic acids is 1. The first kappa shape index (κ1) is 15.2. The molecule has 0 heterocycles. The van der Waals surface area contributed by atoms with E-state index in [1.165, 1.54) is 12.1 Å². The van der Waals surface area contributed by atoms with E-state index in [2.05, 4.69) is 26.4 Å². The van der Waals surface area contributed by atoms with Gasteiger partial charge in [0, 0.05) is 15.7 Å². The van der Waals surface area contributed by atoms with Crippen LogP contribution in [-0.4, -0.2) is 16.8 Å². The lowest BCUT2D eigenvalue weighted by atomic mass is 10.1. The SMILES string of the molecule is C/C(=N\O)c1cccc(NC(=O)c2ccc(Br)cc2F)c1. The Kier molecular flexibility index (Phi) is 4.70. The molecular weight excluding hydrogens is 339 g/mol. The Labute approximate surface area is 129 Å². The summed E-state index contributed by atoms with van der Waals surface area (Å²) in [5.41, 5.74) is 1.52. The van der Waals surface area contributed by atoms with Crippen molar-refractivity contribution in [1.29, 1.82) is 0 Å². The number of oxime groups is 1. The third kappa shape index (κ3) is 3.66. The number of rotatable bonds is 3. The van der Waals surface area contributed by atoms with Crippen molar-refractivity contribution < 1.29 is 14.4 Å². The highest BCUT2D eigenvalue weighted by atomic mass is 79.9. The van der Waals surface area contributed by atoms with E-state index in [1.807, 2.05) is 0 Å². The van der Waals surface area contributed by atoms with Gasteiger partial charge < -0.3 is 10.5 Å². The third-order valence-corrected chi connectivity index (χ3v) is 3.36. The molecule has 0 aliphatic heterocycles. The normalized spacial score (nSPS) is 11.3. The maximum atomic E-state index is 13.7. The van der Waals surface area contributed by atoms with Gasteiger partial charge in [0.05, 0.1) is 11.3 Å². The van der Waals surface area contributed by atoms with Gasteiger partial charge in [-0.2, -0.15) is 0 Å². The molecule has 0 aliphatic carbocycles. The number of hydrogen-bond donors (Lipinski definition) is 2. The molecule has 0 spiro atoms. The van der Waals surface area contributed by atoms with Crippen LogP contribution in [0.4, 0.5) is 10.1 Å². The summed E-state index contributed by atoms with van der Waals surface area (Å²) in [4.78, 5) is 12.1. The van der Waals surface area contributed by atoms with Crippen molar-refractivity contribution in [2.24, 2.45) is 5.16 Å². The summed E-state index contributed by atoms with van der Waals surface area (Å²) in [6.07, 6.45) is 0. The van der Waals surface area contributed by atoms with E-state index in [0.717, 1.165) is 0 Å². The summed E-state index contributed by atoms with van der Waals surface area (Å²) in [5.74, 6) is -1.15. The Morgan fingerprint density at radius 3 is 2.71 bits per heavy atom. The topological polar surface area (TPSA) is 61.7 Å². The zero-order valence-electron chi connectivity index (χ0n) is 11.1. The summed E-state index contributed by atoms with van der Waals surface area (Å²) in [5, 5.41) is 14.5. The second-order valence-electron chi connectivity index (χ2n) is 4.34. The van der Waals surface area contributed by atoms with Crippen LogP contribution < -0.4 is 5.32 Å². The van der Waals surface area contributed by atoms with Gasteiger partial charge in [0.2, 0.25) is 0 Å². The first-order chi connectivity index (χ1) is 10.0. The van der Waals surface area contributed by atoms with E-state index in [-0.39, 0.29) is 5.56 Å². The smallest absolute Gasteiger partial charge is 0.258 e. The molecule has 0 atom stereocenters. The monoisotopic (exact) mass is 350 g/mol. The van der Waals surface area contributed by atoms with Gasteiger partial charge in [-0.05, 0) is 37.3 Å².